The molecule has 2 heterocycles. The number of carbonyl (C=O) groups is 1. The van der Waals surface area contributed by atoms with E-state index in [4.69, 9.17) is 12.2 Å². The van der Waals surface area contributed by atoms with Crippen LogP contribution in [0.3, 0.4) is 0 Å². The molecule has 0 amide bonds. The van der Waals surface area contributed by atoms with Crippen molar-refractivity contribution in [3.63, 3.8) is 0 Å². The van der Waals surface area contributed by atoms with Gasteiger partial charge in [0.15, 0.2) is 11.6 Å². The monoisotopic (exact) mass is 422 g/mol. The number of carboxylic acid groups (broad SMARTS) is 1. The molecule has 2 aromatic carbocycles. The van der Waals surface area contributed by atoms with E-state index in [2.05, 4.69) is 4.98 Å². The van der Waals surface area contributed by atoms with Gasteiger partial charge in [0.25, 0.3) is 0 Å². The highest BCUT2D eigenvalue weighted by Crippen LogP contribution is 2.42. The normalized spacial score (nSPS) is 16.6. The van der Waals surface area contributed by atoms with Gasteiger partial charge in [0, 0.05) is 11.0 Å². The highest BCUT2D eigenvalue weighted by molar-refractivity contribution is 8.02. The number of aliphatic carboxylic acids is 1. The Labute approximate surface area is 166 Å². The maximum atomic E-state index is 13.5. The second-order valence-corrected chi connectivity index (χ2v) is 8.72. The van der Waals surface area contributed by atoms with Crippen LogP contribution in [-0.4, -0.2) is 26.3 Å². The summed E-state index contributed by atoms with van der Waals surface area (Å²) in [6.07, 6.45) is -0.0788. The van der Waals surface area contributed by atoms with Gasteiger partial charge in [-0.15, -0.1) is 23.1 Å². The first-order valence-corrected chi connectivity index (χ1v) is 10.1. The third kappa shape index (κ3) is 3.54. The van der Waals surface area contributed by atoms with Gasteiger partial charge in [-0.2, -0.15) is 0 Å². The number of benzene rings is 2. The number of carboxylic acids is 1. The fourth-order valence-corrected chi connectivity index (χ4v) is 5.47. The minimum atomic E-state index is -0.934. The summed E-state index contributed by atoms with van der Waals surface area (Å²) in [4.78, 5) is 18.9. The van der Waals surface area contributed by atoms with E-state index >= 15 is 0 Å². The summed E-state index contributed by atoms with van der Waals surface area (Å²) in [5.41, 5.74) is 1.27. The summed E-state index contributed by atoms with van der Waals surface area (Å²) >= 11 is 8.26. The van der Waals surface area contributed by atoms with Crippen LogP contribution >= 0.6 is 35.3 Å². The Balaban J connectivity index is 1.71. The minimum absolute atomic E-state index is 0.0788. The predicted octanol–water partition coefficient (Wildman–Crippen LogP) is 4.86. The fraction of sp³-hybridized carbons (Fsp3) is 0.167. The smallest absolute Gasteiger partial charge is 0.304 e. The summed E-state index contributed by atoms with van der Waals surface area (Å²) in [6, 6.07) is 9.83. The first-order valence-electron chi connectivity index (χ1n) is 7.95. The third-order valence-corrected chi connectivity index (χ3v) is 7.03. The average molecular weight is 423 g/mol. The molecule has 1 unspecified atom stereocenters. The topological polar surface area (TPSA) is 53.4 Å². The van der Waals surface area contributed by atoms with Crippen molar-refractivity contribution >= 4 is 62.2 Å². The van der Waals surface area contributed by atoms with Crippen LogP contribution in [-0.2, 0) is 11.3 Å². The molecular weight excluding hydrogens is 410 g/mol. The Morgan fingerprint density at radius 2 is 2.00 bits per heavy atom. The van der Waals surface area contributed by atoms with E-state index in [0.29, 0.717) is 26.8 Å². The lowest BCUT2D eigenvalue weighted by Crippen LogP contribution is -2.40. The molecule has 4 rings (SSSR count). The quantitative estimate of drug-likeness (QED) is 0.606. The molecule has 138 valence electrons. The van der Waals surface area contributed by atoms with Gasteiger partial charge in [0.1, 0.15) is 5.01 Å². The number of rotatable bonds is 4. The van der Waals surface area contributed by atoms with E-state index in [-0.39, 0.29) is 11.7 Å². The van der Waals surface area contributed by atoms with E-state index in [1.165, 1.54) is 23.1 Å². The molecule has 0 bridgehead atoms. The van der Waals surface area contributed by atoms with Crippen LogP contribution in [0.1, 0.15) is 11.4 Å². The van der Waals surface area contributed by atoms with Crippen LogP contribution in [0.15, 0.2) is 41.3 Å². The first-order chi connectivity index (χ1) is 12.9. The largest absolute Gasteiger partial charge is 0.481 e. The molecule has 3 aromatic rings. The van der Waals surface area contributed by atoms with Crippen molar-refractivity contribution in [1.29, 1.82) is 0 Å². The number of hydrogen-bond acceptors (Lipinski definition) is 5. The van der Waals surface area contributed by atoms with Crippen molar-refractivity contribution in [2.45, 2.75) is 23.1 Å². The molecule has 0 aliphatic carbocycles. The van der Waals surface area contributed by atoms with E-state index in [0.717, 1.165) is 22.7 Å². The lowest BCUT2D eigenvalue weighted by molar-refractivity contribution is -0.136. The Kier molecular flexibility index (Phi) is 4.83. The molecule has 1 aromatic heterocycles. The second-order valence-electron chi connectivity index (χ2n) is 5.94. The van der Waals surface area contributed by atoms with E-state index in [1.807, 2.05) is 29.2 Å². The Bertz CT molecular complexity index is 1030. The molecule has 1 N–H and O–H groups in total. The highest BCUT2D eigenvalue weighted by Gasteiger charge is 2.32. The van der Waals surface area contributed by atoms with Gasteiger partial charge < -0.3 is 10.0 Å². The van der Waals surface area contributed by atoms with Crippen LogP contribution in [0.2, 0.25) is 0 Å². The number of halogens is 2. The summed E-state index contributed by atoms with van der Waals surface area (Å²) in [6.45, 7) is 0.315. The summed E-state index contributed by atoms with van der Waals surface area (Å²) in [5.74, 6) is -2.76. The van der Waals surface area contributed by atoms with Crippen LogP contribution in [0.5, 0.6) is 0 Å². The van der Waals surface area contributed by atoms with Gasteiger partial charge in [-0.1, -0.05) is 24.4 Å². The first kappa shape index (κ1) is 18.3. The second kappa shape index (κ2) is 7.14. The molecule has 27 heavy (non-hydrogen) atoms. The molecular formula is C18H12F2N2O2S3. The van der Waals surface area contributed by atoms with Gasteiger partial charge in [-0.05, 0) is 18.2 Å². The van der Waals surface area contributed by atoms with Crippen molar-refractivity contribution in [3.05, 3.63) is 53.0 Å². The molecule has 0 saturated carbocycles. The number of hydrogen-bond donors (Lipinski definition) is 1. The summed E-state index contributed by atoms with van der Waals surface area (Å²) in [7, 11) is 0. The van der Waals surface area contributed by atoms with Gasteiger partial charge >= 0.3 is 5.97 Å². The van der Waals surface area contributed by atoms with Crippen LogP contribution in [0.25, 0.3) is 10.2 Å². The van der Waals surface area contributed by atoms with Crippen molar-refractivity contribution in [1.82, 2.24) is 4.98 Å². The predicted molar refractivity (Wildman–Crippen MR) is 107 cm³/mol. The van der Waals surface area contributed by atoms with Crippen molar-refractivity contribution in [3.8, 4) is 0 Å². The third-order valence-electron chi connectivity index (χ3n) is 4.09. The Morgan fingerprint density at radius 1 is 1.26 bits per heavy atom. The molecule has 9 heteroatoms. The molecule has 1 aliphatic heterocycles. The van der Waals surface area contributed by atoms with E-state index in [9.17, 15) is 18.7 Å². The van der Waals surface area contributed by atoms with Gasteiger partial charge in [-0.25, -0.2) is 13.8 Å². The molecule has 4 nitrogen and oxygen atoms in total. The van der Waals surface area contributed by atoms with Gasteiger partial charge in [0.05, 0.1) is 39.1 Å². The number of fused-ring (bicyclic) bond motifs is 2. The molecule has 1 aliphatic rings. The fourth-order valence-electron chi connectivity index (χ4n) is 2.90. The summed E-state index contributed by atoms with van der Waals surface area (Å²) in [5, 5.41) is 9.46. The molecule has 0 radical (unpaired) electrons. The van der Waals surface area contributed by atoms with E-state index < -0.39 is 17.6 Å². The average Bonchev–Trinajstić information content (AvgIpc) is 2.99. The molecule has 0 saturated heterocycles. The van der Waals surface area contributed by atoms with Crippen LogP contribution < -0.4 is 4.90 Å². The van der Waals surface area contributed by atoms with Crippen LogP contribution in [0, 0.1) is 11.6 Å². The SMILES string of the molecule is O=C(O)CC1Sc2ccccc2N(Cc2nc3cc(F)c(F)cc3s2)C1=S. The van der Waals surface area contributed by atoms with Crippen LogP contribution in [0.4, 0.5) is 14.5 Å². The maximum Gasteiger partial charge on any atom is 0.304 e. The lowest BCUT2D eigenvalue weighted by Gasteiger charge is -2.35. The lowest BCUT2D eigenvalue weighted by atomic mass is 10.2. The van der Waals surface area contributed by atoms with Gasteiger partial charge in [-0.3, -0.25) is 4.79 Å². The van der Waals surface area contributed by atoms with Gasteiger partial charge in [0.2, 0.25) is 0 Å². The highest BCUT2D eigenvalue weighted by atomic mass is 32.2. The van der Waals surface area contributed by atoms with E-state index in [1.54, 1.807) is 0 Å². The Hall–Kier alpha value is -2.10. The molecule has 0 spiro atoms. The zero-order valence-corrected chi connectivity index (χ0v) is 16.1. The Morgan fingerprint density at radius 3 is 2.78 bits per heavy atom. The number of nitrogens with zero attached hydrogens (tertiary/aromatic N) is 2. The minimum Gasteiger partial charge on any atom is -0.481 e. The number of thioether (sulfide) groups is 1. The summed E-state index contributed by atoms with van der Waals surface area (Å²) < 4.78 is 27.5. The number of thiocarbonyl (C=S) groups is 1. The van der Waals surface area contributed by atoms with Crippen molar-refractivity contribution < 1.29 is 18.7 Å². The number of anilines is 1. The number of para-hydroxylation sites is 1. The molecule has 1 atom stereocenters. The standard InChI is InChI=1S/C18H12F2N2O2S3/c19-9-5-11-14(6-10(9)20)27-16(21-11)8-22-12-3-1-2-4-13(12)26-15(18(22)25)7-17(23)24/h1-6,15H,7-8H2,(H,23,24). The van der Waals surface area contributed by atoms with Crippen molar-refractivity contribution in [2.24, 2.45) is 0 Å². The van der Waals surface area contributed by atoms with Crippen molar-refractivity contribution in [2.75, 3.05) is 4.90 Å². The zero-order chi connectivity index (χ0) is 19.1. The zero-order valence-electron chi connectivity index (χ0n) is 13.7. The number of thiazole rings is 1. The maximum absolute atomic E-state index is 13.5. The number of aromatic nitrogens is 1. The molecule has 0 fully saturated rings.